The van der Waals surface area contributed by atoms with Crippen LogP contribution in [0, 0.1) is 13.8 Å². The first-order valence-corrected chi connectivity index (χ1v) is 9.43. The average molecular weight is 386 g/mol. The molecule has 7 heteroatoms. The van der Waals surface area contributed by atoms with Gasteiger partial charge in [0.1, 0.15) is 0 Å². The maximum absolute atomic E-state index is 12.1. The van der Waals surface area contributed by atoms with Crippen LogP contribution >= 0.6 is 11.8 Å². The molecule has 2 rings (SSSR count). The number of thioether (sulfide) groups is 1. The molecule has 2 aromatic rings. The van der Waals surface area contributed by atoms with Crippen LogP contribution in [0.25, 0.3) is 0 Å². The summed E-state index contributed by atoms with van der Waals surface area (Å²) in [6, 6.07) is 12.6. The topological polar surface area (TPSA) is 95.5 Å². The highest BCUT2D eigenvalue weighted by atomic mass is 32.2. The molecule has 0 atom stereocenters. The van der Waals surface area contributed by atoms with Crippen molar-refractivity contribution in [3.63, 3.8) is 0 Å². The van der Waals surface area contributed by atoms with Crippen LogP contribution in [0.5, 0.6) is 0 Å². The van der Waals surface area contributed by atoms with Crippen LogP contribution in [0.15, 0.2) is 47.4 Å². The van der Waals surface area contributed by atoms with E-state index in [9.17, 15) is 14.4 Å². The number of carboxylic acid groups (broad SMARTS) is 1. The monoisotopic (exact) mass is 386 g/mol. The van der Waals surface area contributed by atoms with Gasteiger partial charge in [-0.15, -0.1) is 11.8 Å². The van der Waals surface area contributed by atoms with E-state index in [0.717, 1.165) is 10.5 Å². The molecule has 0 aliphatic rings. The van der Waals surface area contributed by atoms with Crippen molar-refractivity contribution in [3.8, 4) is 0 Å². The third-order valence-electron chi connectivity index (χ3n) is 3.74. The highest BCUT2D eigenvalue weighted by molar-refractivity contribution is 8.00. The van der Waals surface area contributed by atoms with Crippen LogP contribution in [0.4, 0.5) is 5.69 Å². The van der Waals surface area contributed by atoms with Gasteiger partial charge in [0.25, 0.3) is 5.91 Å². The number of carboxylic acids is 1. The van der Waals surface area contributed by atoms with Crippen LogP contribution in [-0.4, -0.2) is 35.2 Å². The molecule has 3 N–H and O–H groups in total. The lowest BCUT2D eigenvalue weighted by molar-refractivity contribution is -0.136. The van der Waals surface area contributed by atoms with Gasteiger partial charge >= 0.3 is 5.97 Å². The number of hydrogen-bond acceptors (Lipinski definition) is 4. The van der Waals surface area contributed by atoms with E-state index in [1.165, 1.54) is 17.3 Å². The minimum Gasteiger partial charge on any atom is -0.481 e. The predicted octanol–water partition coefficient (Wildman–Crippen LogP) is 3.24. The summed E-state index contributed by atoms with van der Waals surface area (Å²) in [6.07, 6.45) is -0.127. The first kappa shape index (κ1) is 20.5. The van der Waals surface area contributed by atoms with Gasteiger partial charge in [0, 0.05) is 22.7 Å². The van der Waals surface area contributed by atoms with Crippen molar-refractivity contribution in [2.24, 2.45) is 0 Å². The molecule has 2 aromatic carbocycles. The first-order valence-electron chi connectivity index (χ1n) is 8.45. The van der Waals surface area contributed by atoms with Gasteiger partial charge < -0.3 is 15.7 Å². The summed E-state index contributed by atoms with van der Waals surface area (Å²) in [5.74, 6) is -1.15. The van der Waals surface area contributed by atoms with Crippen LogP contribution in [-0.2, 0) is 9.59 Å². The Labute approximate surface area is 162 Å². The molecule has 0 unspecified atom stereocenters. The normalized spacial score (nSPS) is 10.3. The van der Waals surface area contributed by atoms with Gasteiger partial charge in [0.15, 0.2) is 0 Å². The number of carbonyl (C=O) groups is 3. The summed E-state index contributed by atoms with van der Waals surface area (Å²) >= 11 is 1.48. The van der Waals surface area contributed by atoms with Crippen molar-refractivity contribution >= 4 is 35.2 Å². The Morgan fingerprint density at radius 1 is 1.04 bits per heavy atom. The van der Waals surface area contributed by atoms with Gasteiger partial charge in [-0.1, -0.05) is 17.7 Å². The average Bonchev–Trinajstić information content (AvgIpc) is 2.61. The quantitative estimate of drug-likeness (QED) is 0.606. The van der Waals surface area contributed by atoms with E-state index in [1.807, 2.05) is 26.0 Å². The minimum atomic E-state index is -0.966. The largest absolute Gasteiger partial charge is 0.481 e. The Balaban J connectivity index is 1.83. The Hall–Kier alpha value is -2.80. The fourth-order valence-corrected chi connectivity index (χ4v) is 3.20. The molecule has 6 nitrogen and oxygen atoms in total. The molecule has 0 aliphatic heterocycles. The number of aliphatic carboxylic acids is 1. The molecule has 0 heterocycles. The molecule has 142 valence electrons. The van der Waals surface area contributed by atoms with Crippen LogP contribution in [0.3, 0.4) is 0 Å². The van der Waals surface area contributed by atoms with E-state index >= 15 is 0 Å². The number of carbonyl (C=O) groups excluding carboxylic acids is 2. The summed E-state index contributed by atoms with van der Waals surface area (Å²) in [6.45, 7) is 4.13. The third-order valence-corrected chi connectivity index (χ3v) is 4.92. The van der Waals surface area contributed by atoms with Crippen LogP contribution < -0.4 is 10.6 Å². The summed E-state index contributed by atoms with van der Waals surface area (Å²) in [7, 11) is 0. The molecular weight excluding hydrogens is 364 g/mol. The molecule has 0 spiro atoms. The molecule has 27 heavy (non-hydrogen) atoms. The highest BCUT2D eigenvalue weighted by Crippen LogP contribution is 2.23. The Kier molecular flexibility index (Phi) is 7.43. The molecule has 0 saturated heterocycles. The Bertz CT molecular complexity index is 834. The van der Waals surface area contributed by atoms with Gasteiger partial charge in [0.05, 0.1) is 12.2 Å². The van der Waals surface area contributed by atoms with Crippen molar-refractivity contribution in [1.82, 2.24) is 5.32 Å². The standard InChI is InChI=1S/C20H22N2O4S/c1-13-3-8-17(14(2)11-13)27-12-18(23)22-16-6-4-15(5-7-16)20(26)21-10-9-19(24)25/h3-8,11H,9-10,12H2,1-2H3,(H,21,26)(H,22,23)(H,24,25). The van der Waals surface area contributed by atoms with Crippen molar-refractivity contribution in [1.29, 1.82) is 0 Å². The van der Waals surface area contributed by atoms with Crippen LogP contribution in [0.2, 0.25) is 0 Å². The predicted molar refractivity (Wildman–Crippen MR) is 106 cm³/mol. The van der Waals surface area contributed by atoms with E-state index in [2.05, 4.69) is 16.7 Å². The molecule has 0 aromatic heterocycles. The zero-order valence-corrected chi connectivity index (χ0v) is 16.1. The molecule has 2 amide bonds. The summed E-state index contributed by atoms with van der Waals surface area (Å²) in [5, 5.41) is 13.9. The summed E-state index contributed by atoms with van der Waals surface area (Å²) < 4.78 is 0. The SMILES string of the molecule is Cc1ccc(SCC(=O)Nc2ccc(C(=O)NCCC(=O)O)cc2)c(C)c1. The van der Waals surface area contributed by atoms with E-state index in [4.69, 9.17) is 5.11 Å². The number of anilines is 1. The molecular formula is C20H22N2O4S. The van der Waals surface area contributed by atoms with Gasteiger partial charge in [-0.2, -0.15) is 0 Å². The fourth-order valence-electron chi connectivity index (χ4n) is 2.39. The van der Waals surface area contributed by atoms with Gasteiger partial charge in [-0.3, -0.25) is 14.4 Å². The third kappa shape index (κ3) is 6.79. The van der Waals surface area contributed by atoms with E-state index < -0.39 is 5.97 Å². The zero-order chi connectivity index (χ0) is 19.8. The summed E-state index contributed by atoms with van der Waals surface area (Å²) in [5.41, 5.74) is 3.34. The molecule has 0 aliphatic carbocycles. The highest BCUT2D eigenvalue weighted by Gasteiger charge is 2.08. The smallest absolute Gasteiger partial charge is 0.305 e. The summed E-state index contributed by atoms with van der Waals surface area (Å²) in [4.78, 5) is 35.5. The first-order chi connectivity index (χ1) is 12.8. The molecule has 0 fully saturated rings. The minimum absolute atomic E-state index is 0.0717. The molecule has 0 radical (unpaired) electrons. The van der Waals surface area contributed by atoms with Crippen molar-refractivity contribution in [2.45, 2.75) is 25.2 Å². The number of rotatable bonds is 8. The number of amides is 2. The lowest BCUT2D eigenvalue weighted by Gasteiger charge is -2.08. The van der Waals surface area contributed by atoms with Crippen LogP contribution in [0.1, 0.15) is 27.9 Å². The number of nitrogens with one attached hydrogen (secondary N) is 2. The van der Waals surface area contributed by atoms with Gasteiger partial charge in [-0.25, -0.2) is 0 Å². The van der Waals surface area contributed by atoms with Crippen molar-refractivity contribution in [3.05, 3.63) is 59.2 Å². The number of benzene rings is 2. The fraction of sp³-hybridized carbons (Fsp3) is 0.250. The maximum atomic E-state index is 12.1. The maximum Gasteiger partial charge on any atom is 0.305 e. The second-order valence-corrected chi connectivity index (χ2v) is 7.10. The van der Waals surface area contributed by atoms with Crippen molar-refractivity contribution in [2.75, 3.05) is 17.6 Å². The molecule has 0 saturated carbocycles. The van der Waals surface area contributed by atoms with E-state index in [1.54, 1.807) is 24.3 Å². The second kappa shape index (κ2) is 9.78. The lowest BCUT2D eigenvalue weighted by Crippen LogP contribution is -2.26. The van der Waals surface area contributed by atoms with Gasteiger partial charge in [0.2, 0.25) is 5.91 Å². The second-order valence-electron chi connectivity index (χ2n) is 6.08. The van der Waals surface area contributed by atoms with Crippen molar-refractivity contribution < 1.29 is 19.5 Å². The molecule has 0 bridgehead atoms. The Morgan fingerprint density at radius 2 is 1.74 bits per heavy atom. The number of aryl methyl sites for hydroxylation is 2. The lowest BCUT2D eigenvalue weighted by atomic mass is 10.2. The zero-order valence-electron chi connectivity index (χ0n) is 15.2. The van der Waals surface area contributed by atoms with E-state index in [-0.39, 0.29) is 24.8 Å². The number of hydrogen-bond donors (Lipinski definition) is 3. The Morgan fingerprint density at radius 3 is 2.37 bits per heavy atom. The van der Waals surface area contributed by atoms with E-state index in [0.29, 0.717) is 17.0 Å². The van der Waals surface area contributed by atoms with Gasteiger partial charge in [-0.05, 0) is 49.7 Å².